The molecule has 2 atom stereocenters. The first-order valence-corrected chi connectivity index (χ1v) is 9.75. The van der Waals surface area contributed by atoms with Gasteiger partial charge in [0.05, 0.1) is 31.4 Å². The average molecular weight is 353 g/mol. The van der Waals surface area contributed by atoms with Crippen molar-refractivity contribution in [3.8, 4) is 0 Å². The van der Waals surface area contributed by atoms with Crippen molar-refractivity contribution in [1.29, 1.82) is 0 Å². The smallest absolute Gasteiger partial charge is 0.273 e. The molecule has 2 saturated heterocycles. The first kappa shape index (κ1) is 17.8. The van der Waals surface area contributed by atoms with Crippen LogP contribution in [0.4, 0.5) is 0 Å². The van der Waals surface area contributed by atoms with E-state index >= 15 is 0 Å². The van der Waals surface area contributed by atoms with Gasteiger partial charge in [-0.15, -0.1) is 11.3 Å². The Morgan fingerprint density at radius 2 is 2.33 bits per heavy atom. The molecule has 0 N–H and O–H groups in total. The van der Waals surface area contributed by atoms with Crippen molar-refractivity contribution in [3.05, 3.63) is 16.6 Å². The standard InChI is InChI=1S/C17H27N3O3S/c1-3-19(4-2)9-14-5-6-17(23-14)11-20(7-8-22-12-17)16(21)15-10-24-13-18-15/h10,13-14H,3-9,11-12H2,1-2H3/t14-,17+/m1/s1. The summed E-state index contributed by atoms with van der Waals surface area (Å²) in [5, 5.41) is 1.80. The highest BCUT2D eigenvalue weighted by atomic mass is 32.1. The molecule has 0 aliphatic carbocycles. The molecule has 0 saturated carbocycles. The Labute approximate surface area is 147 Å². The monoisotopic (exact) mass is 353 g/mol. The Morgan fingerprint density at radius 1 is 1.50 bits per heavy atom. The van der Waals surface area contributed by atoms with E-state index in [9.17, 15) is 4.79 Å². The molecule has 0 unspecified atom stereocenters. The van der Waals surface area contributed by atoms with E-state index in [2.05, 4.69) is 23.7 Å². The molecule has 1 amide bonds. The normalized spacial score (nSPS) is 27.8. The van der Waals surface area contributed by atoms with Crippen LogP contribution in [0.15, 0.2) is 10.9 Å². The lowest BCUT2D eigenvalue weighted by atomic mass is 10.00. The van der Waals surface area contributed by atoms with Gasteiger partial charge in [-0.25, -0.2) is 4.98 Å². The Kier molecular flexibility index (Phi) is 5.86. The van der Waals surface area contributed by atoms with Crippen LogP contribution in [0.5, 0.6) is 0 Å². The fourth-order valence-corrected chi connectivity index (χ4v) is 4.10. The topological polar surface area (TPSA) is 54.9 Å². The molecule has 134 valence electrons. The number of amides is 1. The third kappa shape index (κ3) is 3.96. The maximum absolute atomic E-state index is 12.7. The number of aromatic nitrogens is 1. The van der Waals surface area contributed by atoms with Gasteiger partial charge in [-0.2, -0.15) is 0 Å². The van der Waals surface area contributed by atoms with Crippen LogP contribution in [0.25, 0.3) is 0 Å². The van der Waals surface area contributed by atoms with Gasteiger partial charge >= 0.3 is 0 Å². The summed E-state index contributed by atoms with van der Waals surface area (Å²) in [6.45, 7) is 9.70. The van der Waals surface area contributed by atoms with Gasteiger partial charge in [0.2, 0.25) is 0 Å². The summed E-state index contributed by atoms with van der Waals surface area (Å²) in [6, 6.07) is 0. The number of hydrogen-bond donors (Lipinski definition) is 0. The zero-order valence-corrected chi connectivity index (χ0v) is 15.4. The lowest BCUT2D eigenvalue weighted by Gasteiger charge is -2.32. The zero-order chi connectivity index (χ0) is 17.0. The fraction of sp³-hybridized carbons (Fsp3) is 0.765. The second-order valence-corrected chi connectivity index (χ2v) is 7.32. The Morgan fingerprint density at radius 3 is 3.04 bits per heavy atom. The average Bonchev–Trinajstić information content (AvgIpc) is 3.20. The SMILES string of the molecule is CCN(CC)C[C@H]1CC[C@]2(COCCN(C(=O)c3cscn3)C2)O1. The molecular weight excluding hydrogens is 326 g/mol. The van der Waals surface area contributed by atoms with Gasteiger partial charge < -0.3 is 19.3 Å². The predicted octanol–water partition coefficient (Wildman–Crippen LogP) is 1.88. The van der Waals surface area contributed by atoms with Crippen molar-refractivity contribution < 1.29 is 14.3 Å². The van der Waals surface area contributed by atoms with Gasteiger partial charge in [-0.3, -0.25) is 4.79 Å². The van der Waals surface area contributed by atoms with E-state index in [1.165, 1.54) is 11.3 Å². The minimum atomic E-state index is -0.361. The van der Waals surface area contributed by atoms with Crippen LogP contribution < -0.4 is 0 Å². The van der Waals surface area contributed by atoms with Crippen molar-refractivity contribution in [1.82, 2.24) is 14.8 Å². The molecule has 3 rings (SSSR count). The van der Waals surface area contributed by atoms with Crippen molar-refractivity contribution >= 4 is 17.2 Å². The molecule has 3 heterocycles. The van der Waals surface area contributed by atoms with Crippen LogP contribution in [0, 0.1) is 0 Å². The summed E-state index contributed by atoms with van der Waals surface area (Å²) < 4.78 is 12.2. The predicted molar refractivity (Wildman–Crippen MR) is 93.5 cm³/mol. The number of rotatable bonds is 5. The molecule has 7 heteroatoms. The zero-order valence-electron chi connectivity index (χ0n) is 14.6. The highest BCUT2D eigenvalue weighted by molar-refractivity contribution is 7.07. The van der Waals surface area contributed by atoms with E-state index in [-0.39, 0.29) is 17.6 Å². The van der Waals surface area contributed by atoms with Crippen molar-refractivity contribution in [2.45, 2.75) is 38.4 Å². The van der Waals surface area contributed by atoms with Crippen molar-refractivity contribution in [2.24, 2.45) is 0 Å². The third-order valence-corrected chi connectivity index (χ3v) is 5.57. The van der Waals surface area contributed by atoms with E-state index in [1.54, 1.807) is 10.9 Å². The minimum absolute atomic E-state index is 0.0167. The summed E-state index contributed by atoms with van der Waals surface area (Å²) in [4.78, 5) is 21.0. The van der Waals surface area contributed by atoms with Gasteiger partial charge in [0, 0.05) is 18.5 Å². The minimum Gasteiger partial charge on any atom is -0.377 e. The summed E-state index contributed by atoms with van der Waals surface area (Å²) in [5.41, 5.74) is 1.86. The van der Waals surface area contributed by atoms with Gasteiger partial charge in [0.15, 0.2) is 0 Å². The molecule has 0 aromatic carbocycles. The number of thiazole rings is 1. The maximum atomic E-state index is 12.7. The summed E-state index contributed by atoms with van der Waals surface area (Å²) >= 11 is 1.45. The molecule has 2 aliphatic heterocycles. The van der Waals surface area contributed by atoms with E-state index in [1.807, 2.05) is 4.90 Å². The lowest BCUT2D eigenvalue weighted by molar-refractivity contribution is -0.0896. The molecule has 1 aromatic rings. The second-order valence-electron chi connectivity index (χ2n) is 6.60. The van der Waals surface area contributed by atoms with Gasteiger partial charge in [0.25, 0.3) is 5.91 Å². The number of ether oxygens (including phenoxy) is 2. The van der Waals surface area contributed by atoms with Gasteiger partial charge in [-0.05, 0) is 25.9 Å². The molecule has 0 bridgehead atoms. The highest BCUT2D eigenvalue weighted by Gasteiger charge is 2.44. The van der Waals surface area contributed by atoms with Gasteiger partial charge in [-0.1, -0.05) is 13.8 Å². The van der Waals surface area contributed by atoms with E-state index in [0.717, 1.165) is 32.5 Å². The van der Waals surface area contributed by atoms with Crippen LogP contribution in [-0.2, 0) is 9.47 Å². The summed E-state index contributed by atoms with van der Waals surface area (Å²) in [7, 11) is 0. The maximum Gasteiger partial charge on any atom is 0.273 e. The van der Waals surface area contributed by atoms with Crippen molar-refractivity contribution in [3.63, 3.8) is 0 Å². The highest BCUT2D eigenvalue weighted by Crippen LogP contribution is 2.33. The van der Waals surface area contributed by atoms with Crippen LogP contribution in [0.1, 0.15) is 37.2 Å². The second kappa shape index (κ2) is 7.91. The molecule has 2 aliphatic rings. The summed E-state index contributed by atoms with van der Waals surface area (Å²) in [5.74, 6) is -0.0167. The molecule has 1 spiro atoms. The van der Waals surface area contributed by atoms with Gasteiger partial charge in [0.1, 0.15) is 11.3 Å². The Bertz CT molecular complexity index is 535. The Balaban J connectivity index is 1.65. The van der Waals surface area contributed by atoms with Crippen molar-refractivity contribution in [2.75, 3.05) is 45.9 Å². The molecule has 6 nitrogen and oxygen atoms in total. The third-order valence-electron chi connectivity index (χ3n) is 4.98. The number of nitrogens with zero attached hydrogens (tertiary/aromatic N) is 3. The fourth-order valence-electron chi connectivity index (χ4n) is 3.58. The summed E-state index contributed by atoms with van der Waals surface area (Å²) in [6.07, 6.45) is 2.20. The van der Waals surface area contributed by atoms with E-state index < -0.39 is 0 Å². The van der Waals surface area contributed by atoms with E-state index in [4.69, 9.17) is 9.47 Å². The quantitative estimate of drug-likeness (QED) is 0.809. The molecular formula is C17H27N3O3S. The molecule has 2 fully saturated rings. The number of carbonyl (C=O) groups is 1. The first-order chi connectivity index (χ1) is 11.7. The molecule has 24 heavy (non-hydrogen) atoms. The molecule has 0 radical (unpaired) electrons. The first-order valence-electron chi connectivity index (χ1n) is 8.81. The van der Waals surface area contributed by atoms with Crippen LogP contribution in [0.2, 0.25) is 0 Å². The molecule has 1 aromatic heterocycles. The van der Waals surface area contributed by atoms with E-state index in [0.29, 0.717) is 32.0 Å². The Hall–Kier alpha value is -1.02. The number of likely N-dealkylation sites (N-methyl/N-ethyl adjacent to an activating group) is 1. The largest absolute Gasteiger partial charge is 0.377 e. The van der Waals surface area contributed by atoms with Crippen LogP contribution in [0.3, 0.4) is 0 Å². The van der Waals surface area contributed by atoms with Crippen LogP contribution in [-0.4, -0.2) is 78.3 Å². The van der Waals surface area contributed by atoms with Crippen LogP contribution >= 0.6 is 11.3 Å². The number of hydrogen-bond acceptors (Lipinski definition) is 6. The lowest BCUT2D eigenvalue weighted by Crippen LogP contribution is -2.47. The number of carbonyl (C=O) groups excluding carboxylic acids is 1.